The van der Waals surface area contributed by atoms with E-state index in [1.165, 1.54) is 29.0 Å². The minimum absolute atomic E-state index is 0.0128. The van der Waals surface area contributed by atoms with Crippen molar-refractivity contribution in [1.29, 1.82) is 0 Å². The molecule has 10 N–H and O–H groups in total. The van der Waals surface area contributed by atoms with Crippen LogP contribution in [0.2, 0.25) is 0 Å². The topological polar surface area (TPSA) is 302 Å². The van der Waals surface area contributed by atoms with Gasteiger partial charge in [0.2, 0.25) is 5.95 Å². The number of H-pyrrole nitrogens is 1. The van der Waals surface area contributed by atoms with Gasteiger partial charge in [-0.15, -0.1) is 0 Å². The van der Waals surface area contributed by atoms with Crippen LogP contribution in [0, 0.1) is 0 Å². The van der Waals surface area contributed by atoms with Gasteiger partial charge in [0.25, 0.3) is 21.6 Å². The molecule has 5 heterocycles. The normalized spacial score (nSPS) is 22.2. The standard InChI is InChI=1S/C25H36N12O8S2/c1-25(2)17(32-14-19(35-25)33-24(27)34-21(14)40)22(41)28-3-4-36(6-8-47(42,43)44)5-7-46-9-12-15(38)16(39)23(45-12)37-11-31-13-18(26)29-10-30-20(13)37/h10-12,15-16,23,38-39H,3-9H2,1-2H3,(H,28,41)(H2,26,29,30)(H,42,43,44)(H4,27,33,34,35,40)/t12-,15?,16?,23-/m1/s1. The molecule has 0 saturated carbocycles. The molecule has 2 aliphatic heterocycles. The van der Waals surface area contributed by atoms with E-state index in [1.54, 1.807) is 18.7 Å². The zero-order chi connectivity index (χ0) is 34.1. The van der Waals surface area contributed by atoms with Crippen LogP contribution in [-0.4, -0.2) is 136 Å². The minimum Gasteiger partial charge on any atom is -0.387 e. The van der Waals surface area contributed by atoms with Crippen LogP contribution in [-0.2, 0) is 19.6 Å². The first kappa shape index (κ1) is 34.4. The Kier molecular flexibility index (Phi) is 10.0. The van der Waals surface area contributed by atoms with Crippen LogP contribution in [0.25, 0.3) is 11.2 Å². The lowest BCUT2D eigenvalue weighted by molar-refractivity contribution is -0.115. The maximum Gasteiger partial charge on any atom is 0.280 e. The lowest BCUT2D eigenvalue weighted by atomic mass is 9.95. The van der Waals surface area contributed by atoms with Gasteiger partial charge in [-0.25, -0.2) is 19.9 Å². The second-order valence-corrected chi connectivity index (χ2v) is 14.2. The molecule has 3 aromatic heterocycles. The number of aliphatic hydroxyl groups is 2. The second kappa shape index (κ2) is 13.7. The van der Waals surface area contributed by atoms with Gasteiger partial charge in [0.05, 0.1) is 23.7 Å². The molecule has 20 nitrogen and oxygen atoms in total. The van der Waals surface area contributed by atoms with E-state index >= 15 is 0 Å². The number of aliphatic hydroxyl groups excluding tert-OH is 2. The predicted molar refractivity (Wildman–Crippen MR) is 173 cm³/mol. The average Bonchev–Trinajstić information content (AvgIpc) is 3.53. The van der Waals surface area contributed by atoms with Gasteiger partial charge in [0.15, 0.2) is 29.2 Å². The number of rotatable bonds is 13. The summed E-state index contributed by atoms with van der Waals surface area (Å²) in [5.41, 5.74) is 10.5. The maximum absolute atomic E-state index is 13.1. The summed E-state index contributed by atoms with van der Waals surface area (Å²) in [6.45, 7) is 4.05. The molecule has 3 aromatic rings. The largest absolute Gasteiger partial charge is 0.387 e. The van der Waals surface area contributed by atoms with E-state index < -0.39 is 57.4 Å². The van der Waals surface area contributed by atoms with Crippen molar-refractivity contribution in [3.63, 3.8) is 0 Å². The molecular weight excluding hydrogens is 660 g/mol. The fourth-order valence-electron chi connectivity index (χ4n) is 5.15. The molecule has 1 fully saturated rings. The van der Waals surface area contributed by atoms with Crippen LogP contribution in [0.4, 0.5) is 23.3 Å². The van der Waals surface area contributed by atoms with Crippen molar-refractivity contribution in [3.8, 4) is 0 Å². The van der Waals surface area contributed by atoms with Crippen LogP contribution in [0.1, 0.15) is 20.1 Å². The summed E-state index contributed by atoms with van der Waals surface area (Å²) in [6.07, 6.45) is -1.49. The van der Waals surface area contributed by atoms with Crippen LogP contribution in [0.15, 0.2) is 22.4 Å². The van der Waals surface area contributed by atoms with Crippen LogP contribution >= 0.6 is 11.8 Å². The molecule has 0 radical (unpaired) electrons. The van der Waals surface area contributed by atoms with Gasteiger partial charge in [-0.2, -0.15) is 25.2 Å². The van der Waals surface area contributed by atoms with Gasteiger partial charge in [-0.3, -0.25) is 28.6 Å². The number of nitrogens with zero attached hydrogens (tertiary/aromatic N) is 7. The highest BCUT2D eigenvalue weighted by atomic mass is 32.2. The fraction of sp³-hybridized carbons (Fsp3) is 0.560. The Labute approximate surface area is 272 Å². The van der Waals surface area contributed by atoms with E-state index in [-0.39, 0.29) is 48.6 Å². The lowest BCUT2D eigenvalue weighted by Crippen LogP contribution is -2.51. The SMILES string of the molecule is CC1(C)Nc2nc(N)[nH]c(=O)c2N=C1C(=O)NCCN(CCSC[C@H]1O[C@@H](n2cnc3c(N)ncnc32)C(O)C1O)CCS(=O)(=O)O. The summed E-state index contributed by atoms with van der Waals surface area (Å²) < 4.78 is 39.6. The molecule has 0 aliphatic carbocycles. The first-order chi connectivity index (χ1) is 22.1. The number of aliphatic imine (C=N–C) groups is 1. The summed E-state index contributed by atoms with van der Waals surface area (Å²) in [5.74, 6) is -0.0842. The zero-order valence-electron chi connectivity index (χ0n) is 25.4. The molecule has 47 heavy (non-hydrogen) atoms. The summed E-state index contributed by atoms with van der Waals surface area (Å²) in [6, 6.07) is 0. The van der Waals surface area contributed by atoms with Gasteiger partial charge in [-0.1, -0.05) is 0 Å². The molecule has 5 rings (SSSR count). The second-order valence-electron chi connectivity index (χ2n) is 11.4. The van der Waals surface area contributed by atoms with Crippen molar-refractivity contribution in [2.75, 3.05) is 60.2 Å². The van der Waals surface area contributed by atoms with Crippen LogP contribution < -0.4 is 27.7 Å². The van der Waals surface area contributed by atoms with Crippen molar-refractivity contribution in [3.05, 3.63) is 23.0 Å². The Morgan fingerprint density at radius 2 is 1.96 bits per heavy atom. The maximum atomic E-state index is 13.1. The Morgan fingerprint density at radius 1 is 1.19 bits per heavy atom. The lowest BCUT2D eigenvalue weighted by Gasteiger charge is -2.32. The van der Waals surface area contributed by atoms with Crippen molar-refractivity contribution >= 4 is 67.9 Å². The van der Waals surface area contributed by atoms with Gasteiger partial charge < -0.3 is 37.1 Å². The number of thioether (sulfide) groups is 1. The average molecular weight is 697 g/mol. The molecule has 0 bridgehead atoms. The van der Waals surface area contributed by atoms with Crippen LogP contribution in [0.5, 0.6) is 0 Å². The molecule has 1 amide bonds. The number of nitrogen functional groups attached to an aromatic ring is 2. The molecule has 0 aromatic carbocycles. The quantitative estimate of drug-likeness (QED) is 0.0689. The van der Waals surface area contributed by atoms with Crippen LogP contribution in [0.3, 0.4) is 0 Å². The Morgan fingerprint density at radius 3 is 2.70 bits per heavy atom. The first-order valence-electron chi connectivity index (χ1n) is 14.4. The van der Waals surface area contributed by atoms with Gasteiger partial charge in [0, 0.05) is 37.7 Å². The van der Waals surface area contributed by atoms with E-state index in [2.05, 4.69) is 40.5 Å². The Hall–Kier alpha value is -3.93. The highest BCUT2D eigenvalue weighted by molar-refractivity contribution is 7.99. The van der Waals surface area contributed by atoms with Crippen molar-refractivity contribution in [1.82, 2.24) is 39.7 Å². The third-order valence-electron chi connectivity index (χ3n) is 7.59. The minimum atomic E-state index is -4.25. The van der Waals surface area contributed by atoms with Gasteiger partial charge in [0.1, 0.15) is 29.8 Å². The Bertz CT molecular complexity index is 1830. The van der Waals surface area contributed by atoms with Crippen molar-refractivity contribution < 1.29 is 32.7 Å². The summed E-state index contributed by atoms with van der Waals surface area (Å²) in [4.78, 5) is 50.0. The third-order valence-corrected chi connectivity index (χ3v) is 9.32. The molecule has 0 spiro atoms. The smallest absolute Gasteiger partial charge is 0.280 e. The first-order valence-corrected chi connectivity index (χ1v) is 17.2. The number of carbonyl (C=O) groups excluding carboxylic acids is 1. The number of anilines is 3. The van der Waals surface area contributed by atoms with E-state index in [9.17, 15) is 32.8 Å². The number of nitrogens with two attached hydrogens (primary N) is 2. The molecule has 2 aliphatic rings. The number of ether oxygens (including phenoxy) is 1. The van der Waals surface area contributed by atoms with Gasteiger partial charge >= 0.3 is 0 Å². The third kappa shape index (κ3) is 7.80. The van der Waals surface area contributed by atoms with E-state index in [0.29, 0.717) is 29.2 Å². The zero-order valence-corrected chi connectivity index (χ0v) is 27.0. The molecule has 4 atom stereocenters. The van der Waals surface area contributed by atoms with Gasteiger partial charge in [-0.05, 0) is 13.8 Å². The number of hydrogen-bond donors (Lipinski definition) is 8. The number of hydrogen-bond acceptors (Lipinski definition) is 17. The van der Waals surface area contributed by atoms with Crippen molar-refractivity contribution in [2.45, 2.75) is 43.9 Å². The number of aromatic nitrogens is 6. The monoisotopic (exact) mass is 696 g/mol. The fourth-order valence-corrected chi connectivity index (χ4v) is 6.70. The van der Waals surface area contributed by atoms with Crippen molar-refractivity contribution in [2.24, 2.45) is 4.99 Å². The van der Waals surface area contributed by atoms with E-state index in [1.807, 2.05) is 0 Å². The summed E-state index contributed by atoms with van der Waals surface area (Å²) in [5, 5.41) is 27.1. The number of fused-ring (bicyclic) bond motifs is 2. The predicted octanol–water partition coefficient (Wildman–Crippen LogP) is -2.29. The molecule has 22 heteroatoms. The summed E-state index contributed by atoms with van der Waals surface area (Å²) in [7, 11) is -4.25. The number of amides is 1. The number of imidazole rings is 1. The van der Waals surface area contributed by atoms with E-state index in [4.69, 9.17) is 16.2 Å². The number of carbonyl (C=O) groups is 1. The summed E-state index contributed by atoms with van der Waals surface area (Å²) >= 11 is 1.40. The number of nitrogens with one attached hydrogen (secondary N) is 3. The van der Waals surface area contributed by atoms with E-state index in [0.717, 1.165) is 0 Å². The Balaban J connectivity index is 1.15. The molecule has 1 saturated heterocycles. The molecule has 256 valence electrons. The highest BCUT2D eigenvalue weighted by Crippen LogP contribution is 2.33. The molecule has 2 unspecified atom stereocenters. The number of aromatic amines is 1. The highest BCUT2D eigenvalue weighted by Gasteiger charge is 2.44. The molecular formula is C25H36N12O8S2.